The third-order valence-electron chi connectivity index (χ3n) is 4.92. The van der Waals surface area contributed by atoms with E-state index in [4.69, 9.17) is 10.2 Å². The molecule has 0 aliphatic carbocycles. The normalized spacial score (nSPS) is 18.8. The highest BCUT2D eigenvalue weighted by Gasteiger charge is 2.35. The first-order valence-corrected chi connectivity index (χ1v) is 9.89. The number of halogens is 1. The lowest BCUT2D eigenvalue weighted by molar-refractivity contribution is 0.0560. The highest BCUT2D eigenvalue weighted by Crippen LogP contribution is 2.30. The third-order valence-corrected chi connectivity index (χ3v) is 5.87. The van der Waals surface area contributed by atoms with E-state index in [1.165, 1.54) is 0 Å². The fourth-order valence-corrected chi connectivity index (χ4v) is 4.19. The molecule has 0 bridgehead atoms. The van der Waals surface area contributed by atoms with Crippen LogP contribution >= 0.6 is 22.6 Å². The molecule has 2 N–H and O–H groups in total. The minimum Gasteiger partial charge on any atom is -0.439 e. The Hall–Kier alpha value is -1.93. The molecule has 1 aliphatic heterocycles. The van der Waals surface area contributed by atoms with E-state index in [1.54, 1.807) is 0 Å². The minimum absolute atomic E-state index is 0.0336. The molecule has 5 nitrogen and oxygen atoms in total. The molecule has 0 saturated carbocycles. The molecule has 0 radical (unpaired) electrons. The van der Waals surface area contributed by atoms with Crippen LogP contribution in [0.4, 0.5) is 0 Å². The van der Waals surface area contributed by atoms with Gasteiger partial charge in [0.25, 0.3) is 5.91 Å². The maximum absolute atomic E-state index is 13.2. The van der Waals surface area contributed by atoms with Gasteiger partial charge in [-0.2, -0.15) is 0 Å². The number of carbonyl (C=O) groups is 1. The molecule has 1 fully saturated rings. The highest BCUT2D eigenvalue weighted by molar-refractivity contribution is 14.1. The quantitative estimate of drug-likeness (QED) is 0.596. The van der Waals surface area contributed by atoms with E-state index in [1.807, 2.05) is 53.4 Å². The van der Waals surface area contributed by atoms with Gasteiger partial charge in [0.05, 0.1) is 11.6 Å². The van der Waals surface area contributed by atoms with Crippen LogP contribution in [0.3, 0.4) is 0 Å². The van der Waals surface area contributed by atoms with Crippen molar-refractivity contribution in [2.75, 3.05) is 6.54 Å². The van der Waals surface area contributed by atoms with Crippen LogP contribution in [0, 0.1) is 3.57 Å². The molecule has 1 saturated heterocycles. The van der Waals surface area contributed by atoms with Gasteiger partial charge in [0.2, 0.25) is 5.89 Å². The Morgan fingerprint density at radius 1 is 1.19 bits per heavy atom. The minimum atomic E-state index is -0.437. The van der Waals surface area contributed by atoms with Gasteiger partial charge in [-0.15, -0.1) is 0 Å². The van der Waals surface area contributed by atoms with Gasteiger partial charge in [-0.05, 0) is 66.1 Å². The average Bonchev–Trinajstić information content (AvgIpc) is 3.11. The van der Waals surface area contributed by atoms with Crippen molar-refractivity contribution in [2.24, 2.45) is 5.73 Å². The molecular formula is C20H20IN3O2. The number of benzene rings is 2. The van der Waals surface area contributed by atoms with Gasteiger partial charge in [-0.25, -0.2) is 4.98 Å². The smallest absolute Gasteiger partial charge is 0.255 e. The number of amides is 1. The predicted octanol–water partition coefficient (Wildman–Crippen LogP) is 4.13. The Morgan fingerprint density at radius 2 is 1.96 bits per heavy atom. The number of nitrogens with two attached hydrogens (primary N) is 1. The Bertz CT molecular complexity index is 906. The maximum Gasteiger partial charge on any atom is 0.255 e. The third kappa shape index (κ3) is 3.23. The van der Waals surface area contributed by atoms with E-state index in [0.717, 1.165) is 39.5 Å². The number of piperidine rings is 1. The Balaban J connectivity index is 1.64. The number of fused-ring (bicyclic) bond motifs is 1. The van der Waals surface area contributed by atoms with Gasteiger partial charge in [0.1, 0.15) is 11.6 Å². The standard InChI is InChI=1S/C20H20IN3O2/c21-14-8-2-1-7-13(14)20(25)24-12-6-5-10-16(24)18(22)19-23-15-9-3-4-11-17(15)26-19/h1-4,7-9,11,16,18H,5-6,10,12,22H2/t16-,18?/m0/s1. The second kappa shape index (κ2) is 7.36. The molecule has 1 unspecified atom stereocenters. The van der Waals surface area contributed by atoms with Crippen molar-refractivity contribution in [1.82, 2.24) is 9.88 Å². The Morgan fingerprint density at radius 3 is 2.77 bits per heavy atom. The molecule has 3 aromatic rings. The number of oxazole rings is 1. The monoisotopic (exact) mass is 461 g/mol. The summed E-state index contributed by atoms with van der Waals surface area (Å²) >= 11 is 2.21. The molecular weight excluding hydrogens is 441 g/mol. The fourth-order valence-electron chi connectivity index (χ4n) is 3.57. The molecule has 6 heteroatoms. The van der Waals surface area contributed by atoms with E-state index in [0.29, 0.717) is 12.4 Å². The molecule has 1 aromatic heterocycles. The van der Waals surface area contributed by atoms with Crippen LogP contribution in [0.15, 0.2) is 52.9 Å². The number of para-hydroxylation sites is 2. The number of hydrogen-bond acceptors (Lipinski definition) is 4. The topological polar surface area (TPSA) is 72.4 Å². The van der Waals surface area contributed by atoms with E-state index in [9.17, 15) is 4.79 Å². The first-order valence-electron chi connectivity index (χ1n) is 8.81. The largest absolute Gasteiger partial charge is 0.439 e. The van der Waals surface area contributed by atoms with Gasteiger partial charge < -0.3 is 15.1 Å². The lowest BCUT2D eigenvalue weighted by Gasteiger charge is -2.38. The van der Waals surface area contributed by atoms with Crippen LogP contribution in [-0.4, -0.2) is 28.4 Å². The second-order valence-electron chi connectivity index (χ2n) is 6.59. The number of hydrogen-bond donors (Lipinski definition) is 1. The SMILES string of the molecule is NC(c1nc2ccccc2o1)[C@@H]1CCCCN1C(=O)c1ccccc1I. The summed E-state index contributed by atoms with van der Waals surface area (Å²) in [7, 11) is 0. The number of likely N-dealkylation sites (tertiary alicyclic amines) is 1. The molecule has 26 heavy (non-hydrogen) atoms. The van der Waals surface area contributed by atoms with Crippen LogP contribution in [0.1, 0.15) is 41.6 Å². The number of carbonyl (C=O) groups excluding carboxylic acids is 1. The van der Waals surface area contributed by atoms with Crippen molar-refractivity contribution >= 4 is 39.6 Å². The van der Waals surface area contributed by atoms with Crippen LogP contribution in [-0.2, 0) is 0 Å². The van der Waals surface area contributed by atoms with E-state index >= 15 is 0 Å². The van der Waals surface area contributed by atoms with Crippen molar-refractivity contribution < 1.29 is 9.21 Å². The Labute approximate surface area is 165 Å². The predicted molar refractivity (Wildman–Crippen MR) is 109 cm³/mol. The summed E-state index contributed by atoms with van der Waals surface area (Å²) in [4.78, 5) is 19.6. The number of aromatic nitrogens is 1. The van der Waals surface area contributed by atoms with Crippen molar-refractivity contribution in [2.45, 2.75) is 31.3 Å². The van der Waals surface area contributed by atoms with E-state index in [-0.39, 0.29) is 11.9 Å². The van der Waals surface area contributed by atoms with Gasteiger partial charge >= 0.3 is 0 Å². The Kier molecular flexibility index (Phi) is 4.95. The second-order valence-corrected chi connectivity index (χ2v) is 7.75. The lowest BCUT2D eigenvalue weighted by Crippen LogP contribution is -2.49. The van der Waals surface area contributed by atoms with Crippen LogP contribution in [0.2, 0.25) is 0 Å². The first-order chi connectivity index (χ1) is 12.6. The summed E-state index contributed by atoms with van der Waals surface area (Å²) in [6.45, 7) is 0.711. The van der Waals surface area contributed by atoms with Crippen molar-refractivity contribution in [3.05, 3.63) is 63.6 Å². The van der Waals surface area contributed by atoms with Gasteiger partial charge in [0, 0.05) is 10.1 Å². The number of nitrogens with zero attached hydrogens (tertiary/aromatic N) is 2. The summed E-state index contributed by atoms with van der Waals surface area (Å²) in [6.07, 6.45) is 2.90. The van der Waals surface area contributed by atoms with E-state index < -0.39 is 6.04 Å². The van der Waals surface area contributed by atoms with Crippen molar-refractivity contribution in [1.29, 1.82) is 0 Å². The zero-order chi connectivity index (χ0) is 18.1. The zero-order valence-electron chi connectivity index (χ0n) is 14.3. The summed E-state index contributed by atoms with van der Waals surface area (Å²) in [6, 6.07) is 14.7. The van der Waals surface area contributed by atoms with Gasteiger partial charge in [-0.1, -0.05) is 24.3 Å². The number of rotatable bonds is 3. The fraction of sp³-hybridized carbons (Fsp3) is 0.300. The molecule has 2 heterocycles. The molecule has 2 aromatic carbocycles. The molecule has 1 amide bonds. The average molecular weight is 461 g/mol. The molecule has 2 atom stereocenters. The summed E-state index contributed by atoms with van der Waals surface area (Å²) < 4.78 is 6.82. The molecule has 1 aliphatic rings. The van der Waals surface area contributed by atoms with Crippen LogP contribution in [0.25, 0.3) is 11.1 Å². The first kappa shape index (κ1) is 17.5. The maximum atomic E-state index is 13.2. The molecule has 0 spiro atoms. The van der Waals surface area contributed by atoms with Crippen LogP contribution in [0.5, 0.6) is 0 Å². The highest BCUT2D eigenvalue weighted by atomic mass is 127. The van der Waals surface area contributed by atoms with Crippen molar-refractivity contribution in [3.63, 3.8) is 0 Å². The van der Waals surface area contributed by atoms with Crippen molar-refractivity contribution in [3.8, 4) is 0 Å². The van der Waals surface area contributed by atoms with Gasteiger partial charge in [-0.3, -0.25) is 4.79 Å². The lowest BCUT2D eigenvalue weighted by atomic mass is 9.95. The molecule has 4 rings (SSSR count). The molecule has 134 valence electrons. The summed E-state index contributed by atoms with van der Waals surface area (Å²) in [5, 5.41) is 0. The summed E-state index contributed by atoms with van der Waals surface area (Å²) in [5.74, 6) is 0.532. The zero-order valence-corrected chi connectivity index (χ0v) is 16.4. The summed E-state index contributed by atoms with van der Waals surface area (Å²) in [5.41, 5.74) is 8.77. The van der Waals surface area contributed by atoms with E-state index in [2.05, 4.69) is 27.6 Å². The van der Waals surface area contributed by atoms with Crippen LogP contribution < -0.4 is 5.73 Å². The van der Waals surface area contributed by atoms with Gasteiger partial charge in [0.15, 0.2) is 5.58 Å².